The lowest BCUT2D eigenvalue weighted by atomic mass is 10.2. The number of hydrogen-bond acceptors (Lipinski definition) is 3. The molecular weight excluding hydrogens is 294 g/mol. The van der Waals surface area contributed by atoms with Crippen LogP contribution in [-0.2, 0) is 23.2 Å². The third kappa shape index (κ3) is 3.23. The van der Waals surface area contributed by atoms with Crippen LogP contribution in [0.2, 0.25) is 0 Å². The van der Waals surface area contributed by atoms with Gasteiger partial charge in [-0.3, -0.25) is 14.3 Å². The summed E-state index contributed by atoms with van der Waals surface area (Å²) in [4.78, 5) is 23.4. The highest BCUT2D eigenvalue weighted by molar-refractivity contribution is 6.01. The number of fused-ring (bicyclic) bond motifs is 1. The average molecular weight is 311 g/mol. The zero-order valence-corrected chi connectivity index (χ0v) is 12.9. The van der Waals surface area contributed by atoms with Crippen LogP contribution in [-0.4, -0.2) is 26.2 Å². The predicted octanol–water partition coefficient (Wildman–Crippen LogP) is 1.97. The summed E-state index contributed by atoms with van der Waals surface area (Å²) in [5.41, 5.74) is 2.28. The van der Waals surface area contributed by atoms with Gasteiger partial charge in [-0.1, -0.05) is 6.07 Å². The molecule has 0 radical (unpaired) electrons. The van der Waals surface area contributed by atoms with E-state index in [0.29, 0.717) is 5.69 Å². The van der Waals surface area contributed by atoms with Crippen molar-refractivity contribution in [1.82, 2.24) is 14.3 Å². The highest BCUT2D eigenvalue weighted by Crippen LogP contribution is 2.24. The van der Waals surface area contributed by atoms with Crippen LogP contribution in [0.25, 0.3) is 10.9 Å². The van der Waals surface area contributed by atoms with Crippen LogP contribution in [0.4, 0.5) is 11.4 Å². The summed E-state index contributed by atoms with van der Waals surface area (Å²) in [6.07, 6.45) is 5.17. The van der Waals surface area contributed by atoms with E-state index in [9.17, 15) is 9.59 Å². The zero-order valence-electron chi connectivity index (χ0n) is 12.9. The van der Waals surface area contributed by atoms with Crippen LogP contribution >= 0.6 is 0 Å². The molecule has 2 N–H and O–H groups in total. The van der Waals surface area contributed by atoms with Gasteiger partial charge in [0.25, 0.3) is 0 Å². The Hall–Kier alpha value is -3.09. The lowest BCUT2D eigenvalue weighted by Gasteiger charge is -2.07. The Labute approximate surface area is 132 Å². The number of benzene rings is 1. The van der Waals surface area contributed by atoms with Gasteiger partial charge in [0.15, 0.2) is 0 Å². The Morgan fingerprint density at radius 2 is 2.04 bits per heavy atom. The fourth-order valence-electron chi connectivity index (χ4n) is 2.50. The molecule has 0 aliphatic heterocycles. The van der Waals surface area contributed by atoms with Gasteiger partial charge in [-0.2, -0.15) is 5.10 Å². The maximum absolute atomic E-state index is 12.2. The summed E-state index contributed by atoms with van der Waals surface area (Å²) in [7, 11) is 1.79. The van der Waals surface area contributed by atoms with Gasteiger partial charge in [-0.05, 0) is 18.2 Å². The molecule has 0 bridgehead atoms. The normalized spacial score (nSPS) is 10.7. The van der Waals surface area contributed by atoms with Gasteiger partial charge in [-0.15, -0.1) is 0 Å². The van der Waals surface area contributed by atoms with Crippen LogP contribution in [0.5, 0.6) is 0 Å². The molecule has 7 heteroatoms. The van der Waals surface area contributed by atoms with Crippen LogP contribution in [0, 0.1) is 0 Å². The van der Waals surface area contributed by atoms with Gasteiger partial charge in [0, 0.05) is 31.8 Å². The van der Waals surface area contributed by atoms with E-state index in [1.54, 1.807) is 24.1 Å². The van der Waals surface area contributed by atoms with Crippen LogP contribution < -0.4 is 10.6 Å². The lowest BCUT2D eigenvalue weighted by molar-refractivity contribution is -0.116. The molecule has 0 fully saturated rings. The van der Waals surface area contributed by atoms with E-state index >= 15 is 0 Å². The van der Waals surface area contributed by atoms with E-state index in [0.717, 1.165) is 16.6 Å². The van der Waals surface area contributed by atoms with Crippen molar-refractivity contribution in [2.75, 3.05) is 10.6 Å². The van der Waals surface area contributed by atoms with E-state index < -0.39 is 0 Å². The van der Waals surface area contributed by atoms with E-state index in [1.165, 1.54) is 6.92 Å². The van der Waals surface area contributed by atoms with Gasteiger partial charge < -0.3 is 15.2 Å². The number of aromatic nitrogens is 3. The zero-order chi connectivity index (χ0) is 16.4. The minimum Gasteiger partial charge on any atom is -0.338 e. The number of aryl methyl sites for hydroxylation is 1. The third-order valence-corrected chi connectivity index (χ3v) is 3.43. The fourth-order valence-corrected chi connectivity index (χ4v) is 2.50. The number of hydrogen-bond donors (Lipinski definition) is 2. The molecule has 3 aromatic rings. The van der Waals surface area contributed by atoms with Crippen molar-refractivity contribution in [2.24, 2.45) is 7.05 Å². The standard InChI is InChI=1S/C16H17N5O2/c1-11(22)18-14-4-3-5-15-13(14)6-7-21(15)10-16(23)19-12-8-17-20(2)9-12/h3-9H,10H2,1-2H3,(H,18,22)(H,19,23). The summed E-state index contributed by atoms with van der Waals surface area (Å²) in [5, 5.41) is 10.5. The molecule has 0 aliphatic rings. The van der Waals surface area contributed by atoms with E-state index in [1.807, 2.05) is 35.0 Å². The highest BCUT2D eigenvalue weighted by Gasteiger charge is 2.10. The Morgan fingerprint density at radius 1 is 1.22 bits per heavy atom. The number of rotatable bonds is 4. The maximum Gasteiger partial charge on any atom is 0.244 e. The first-order valence-electron chi connectivity index (χ1n) is 7.17. The molecule has 7 nitrogen and oxygen atoms in total. The van der Waals surface area contributed by atoms with Crippen molar-refractivity contribution >= 4 is 34.1 Å². The molecule has 0 spiro atoms. The molecule has 23 heavy (non-hydrogen) atoms. The predicted molar refractivity (Wildman–Crippen MR) is 88.1 cm³/mol. The largest absolute Gasteiger partial charge is 0.338 e. The minimum absolute atomic E-state index is 0.125. The van der Waals surface area contributed by atoms with Crippen molar-refractivity contribution < 1.29 is 9.59 Å². The fraction of sp³-hybridized carbons (Fsp3) is 0.188. The first-order valence-corrected chi connectivity index (χ1v) is 7.17. The highest BCUT2D eigenvalue weighted by atomic mass is 16.2. The van der Waals surface area contributed by atoms with Gasteiger partial charge in [-0.25, -0.2) is 0 Å². The second-order valence-electron chi connectivity index (χ2n) is 5.31. The number of nitrogens with zero attached hydrogens (tertiary/aromatic N) is 3. The summed E-state index contributed by atoms with van der Waals surface area (Å²) in [6.45, 7) is 1.65. The van der Waals surface area contributed by atoms with Gasteiger partial charge in [0.05, 0.1) is 23.1 Å². The number of carbonyl (C=O) groups excluding carboxylic acids is 2. The van der Waals surface area contributed by atoms with Crippen molar-refractivity contribution in [3.8, 4) is 0 Å². The van der Waals surface area contributed by atoms with Crippen molar-refractivity contribution in [1.29, 1.82) is 0 Å². The third-order valence-electron chi connectivity index (χ3n) is 3.43. The second kappa shape index (κ2) is 5.96. The first-order chi connectivity index (χ1) is 11.0. The molecule has 0 aliphatic carbocycles. The van der Waals surface area contributed by atoms with Crippen LogP contribution in [0.3, 0.4) is 0 Å². The Bertz CT molecular complexity index is 878. The SMILES string of the molecule is CC(=O)Nc1cccc2c1ccn2CC(=O)Nc1cnn(C)c1. The molecule has 1 aromatic carbocycles. The van der Waals surface area contributed by atoms with E-state index in [4.69, 9.17) is 0 Å². The Morgan fingerprint density at radius 3 is 2.74 bits per heavy atom. The molecule has 3 rings (SSSR count). The summed E-state index contributed by atoms with van der Waals surface area (Å²) in [5.74, 6) is -0.264. The molecular formula is C16H17N5O2. The van der Waals surface area contributed by atoms with Gasteiger partial charge in [0.2, 0.25) is 11.8 Å². The molecule has 0 saturated carbocycles. The van der Waals surface area contributed by atoms with Crippen molar-refractivity contribution in [2.45, 2.75) is 13.5 Å². The first kappa shape index (κ1) is 14.8. The molecule has 0 unspecified atom stereocenters. The smallest absolute Gasteiger partial charge is 0.244 e. The number of carbonyl (C=O) groups is 2. The average Bonchev–Trinajstić information content (AvgIpc) is 3.06. The molecule has 2 aromatic heterocycles. The molecule has 2 amide bonds. The minimum atomic E-state index is -0.138. The van der Waals surface area contributed by atoms with Gasteiger partial charge in [0.1, 0.15) is 6.54 Å². The van der Waals surface area contributed by atoms with Crippen LogP contribution in [0.1, 0.15) is 6.92 Å². The van der Waals surface area contributed by atoms with Gasteiger partial charge >= 0.3 is 0 Å². The maximum atomic E-state index is 12.2. The monoisotopic (exact) mass is 311 g/mol. The second-order valence-corrected chi connectivity index (χ2v) is 5.31. The molecule has 0 saturated heterocycles. The number of nitrogens with one attached hydrogen (secondary N) is 2. The quantitative estimate of drug-likeness (QED) is 0.773. The van der Waals surface area contributed by atoms with E-state index in [2.05, 4.69) is 15.7 Å². The van der Waals surface area contributed by atoms with Crippen molar-refractivity contribution in [3.63, 3.8) is 0 Å². The number of amides is 2. The summed E-state index contributed by atoms with van der Waals surface area (Å²) < 4.78 is 3.47. The van der Waals surface area contributed by atoms with E-state index in [-0.39, 0.29) is 18.4 Å². The van der Waals surface area contributed by atoms with Crippen molar-refractivity contribution in [3.05, 3.63) is 42.9 Å². The molecule has 2 heterocycles. The van der Waals surface area contributed by atoms with Crippen LogP contribution in [0.15, 0.2) is 42.9 Å². The molecule has 118 valence electrons. The topological polar surface area (TPSA) is 81.0 Å². The Kier molecular flexibility index (Phi) is 3.84. The lowest BCUT2D eigenvalue weighted by Crippen LogP contribution is -2.17. The number of anilines is 2. The Balaban J connectivity index is 1.80. The molecule has 0 atom stereocenters. The summed E-state index contributed by atoms with van der Waals surface area (Å²) >= 11 is 0. The summed E-state index contributed by atoms with van der Waals surface area (Å²) in [6, 6.07) is 7.49.